The Morgan fingerprint density at radius 2 is 2.11 bits per heavy atom. The number of hydrogen-bond acceptors (Lipinski definition) is 8. The molecule has 2 heterocycles. The van der Waals surface area contributed by atoms with Crippen LogP contribution in [-0.2, 0) is 5.75 Å². The third-order valence-corrected chi connectivity index (χ3v) is 6.65. The van der Waals surface area contributed by atoms with E-state index in [1.807, 2.05) is 29.8 Å². The Bertz CT molecular complexity index is 921. The predicted octanol–water partition coefficient (Wildman–Crippen LogP) is 4.61. The molecule has 0 amide bonds. The fraction of sp³-hybridized carbons (Fsp3) is 0.474. The Labute approximate surface area is 172 Å². The Hall–Kier alpha value is -2.13. The van der Waals surface area contributed by atoms with Gasteiger partial charge in [-0.05, 0) is 48.4 Å². The smallest absolute Gasteiger partial charge is 0.209 e. The number of benzene rings is 1. The number of thiazole rings is 1. The molecule has 0 bridgehead atoms. The van der Waals surface area contributed by atoms with Gasteiger partial charge in [-0.1, -0.05) is 24.6 Å². The standard InChI is InChI=1S/C19H23N5O2S2/c1-3-26-16-9-8-13(10-17(16)25-2)18-20-14(11-27-18)12-28-19-21-22-23-24(19)15-6-4-5-7-15/h8-11,15H,3-7,12H2,1-2H3. The van der Waals surface area contributed by atoms with E-state index >= 15 is 0 Å². The first-order valence-corrected chi connectivity index (χ1v) is 11.3. The molecule has 0 unspecified atom stereocenters. The third kappa shape index (κ3) is 4.15. The third-order valence-electron chi connectivity index (χ3n) is 4.74. The number of tetrazole rings is 1. The molecule has 1 aliphatic rings. The minimum absolute atomic E-state index is 0.444. The lowest BCUT2D eigenvalue weighted by Crippen LogP contribution is -2.08. The molecule has 1 saturated carbocycles. The van der Waals surface area contributed by atoms with Gasteiger partial charge in [-0.15, -0.1) is 16.4 Å². The molecule has 0 N–H and O–H groups in total. The maximum atomic E-state index is 5.59. The van der Waals surface area contributed by atoms with E-state index in [9.17, 15) is 0 Å². The molecule has 0 aliphatic heterocycles. The van der Waals surface area contributed by atoms with Crippen LogP contribution in [0.1, 0.15) is 44.3 Å². The molecule has 0 atom stereocenters. The van der Waals surface area contributed by atoms with Crippen LogP contribution in [0.25, 0.3) is 10.6 Å². The quantitative estimate of drug-likeness (QED) is 0.495. The lowest BCUT2D eigenvalue weighted by Gasteiger charge is -2.10. The van der Waals surface area contributed by atoms with Crippen molar-refractivity contribution in [2.45, 2.75) is 49.6 Å². The van der Waals surface area contributed by atoms with Crippen molar-refractivity contribution < 1.29 is 9.47 Å². The van der Waals surface area contributed by atoms with E-state index in [4.69, 9.17) is 14.5 Å². The monoisotopic (exact) mass is 417 g/mol. The van der Waals surface area contributed by atoms with E-state index in [1.165, 1.54) is 25.7 Å². The highest BCUT2D eigenvalue weighted by atomic mass is 32.2. The molecular formula is C19H23N5O2S2. The Morgan fingerprint density at radius 3 is 2.89 bits per heavy atom. The highest BCUT2D eigenvalue weighted by Crippen LogP contribution is 2.35. The Kier molecular flexibility index (Phi) is 6.11. The number of methoxy groups -OCH3 is 1. The zero-order valence-corrected chi connectivity index (χ0v) is 17.6. The van der Waals surface area contributed by atoms with Gasteiger partial charge in [0.2, 0.25) is 5.16 Å². The van der Waals surface area contributed by atoms with Gasteiger partial charge in [0, 0.05) is 16.7 Å². The van der Waals surface area contributed by atoms with Crippen molar-refractivity contribution in [3.8, 4) is 22.1 Å². The van der Waals surface area contributed by atoms with E-state index in [0.29, 0.717) is 12.6 Å². The second-order valence-corrected chi connectivity index (χ2v) is 8.38. The Balaban J connectivity index is 1.45. The van der Waals surface area contributed by atoms with Crippen molar-refractivity contribution in [3.05, 3.63) is 29.3 Å². The van der Waals surface area contributed by atoms with E-state index in [2.05, 4.69) is 20.9 Å². The molecule has 1 fully saturated rings. The molecule has 7 nitrogen and oxygen atoms in total. The first-order valence-electron chi connectivity index (χ1n) is 9.44. The number of hydrogen-bond donors (Lipinski definition) is 0. The van der Waals surface area contributed by atoms with Gasteiger partial charge in [-0.25, -0.2) is 9.67 Å². The summed E-state index contributed by atoms with van der Waals surface area (Å²) in [5.74, 6) is 2.22. The SMILES string of the molecule is CCOc1ccc(-c2nc(CSc3nnnn3C3CCCC3)cs2)cc1OC. The molecule has 3 aromatic rings. The molecule has 1 aliphatic carbocycles. The van der Waals surface area contributed by atoms with Crippen molar-refractivity contribution in [1.82, 2.24) is 25.2 Å². The fourth-order valence-electron chi connectivity index (χ4n) is 3.38. The van der Waals surface area contributed by atoms with Crippen LogP contribution in [0, 0.1) is 0 Å². The average molecular weight is 418 g/mol. The molecule has 0 spiro atoms. The summed E-state index contributed by atoms with van der Waals surface area (Å²) in [5, 5.41) is 16.2. The van der Waals surface area contributed by atoms with Crippen LogP contribution in [0.5, 0.6) is 11.5 Å². The van der Waals surface area contributed by atoms with Gasteiger partial charge < -0.3 is 9.47 Å². The largest absolute Gasteiger partial charge is 0.493 e. The molecule has 0 saturated heterocycles. The van der Waals surface area contributed by atoms with E-state index < -0.39 is 0 Å². The summed E-state index contributed by atoms with van der Waals surface area (Å²) in [4.78, 5) is 4.78. The van der Waals surface area contributed by atoms with Gasteiger partial charge in [-0.3, -0.25) is 0 Å². The van der Waals surface area contributed by atoms with Gasteiger partial charge in [-0.2, -0.15) is 0 Å². The van der Waals surface area contributed by atoms with E-state index in [-0.39, 0.29) is 0 Å². The summed E-state index contributed by atoms with van der Waals surface area (Å²) in [6, 6.07) is 6.37. The molecule has 28 heavy (non-hydrogen) atoms. The fourth-order valence-corrected chi connectivity index (χ4v) is 5.14. The zero-order valence-electron chi connectivity index (χ0n) is 16.0. The molecule has 0 radical (unpaired) electrons. The zero-order chi connectivity index (χ0) is 19.3. The normalized spacial score (nSPS) is 14.5. The molecule has 148 valence electrons. The van der Waals surface area contributed by atoms with Gasteiger partial charge in [0.25, 0.3) is 0 Å². The lowest BCUT2D eigenvalue weighted by atomic mass is 10.2. The highest BCUT2D eigenvalue weighted by Gasteiger charge is 2.21. The van der Waals surface area contributed by atoms with Gasteiger partial charge in [0.1, 0.15) is 5.01 Å². The van der Waals surface area contributed by atoms with Crippen LogP contribution in [0.15, 0.2) is 28.7 Å². The minimum atomic E-state index is 0.444. The number of nitrogens with zero attached hydrogens (tertiary/aromatic N) is 5. The first kappa shape index (κ1) is 19.2. The van der Waals surface area contributed by atoms with Crippen molar-refractivity contribution in [1.29, 1.82) is 0 Å². The topological polar surface area (TPSA) is 75.0 Å². The maximum absolute atomic E-state index is 5.59. The van der Waals surface area contributed by atoms with Crippen molar-refractivity contribution in [2.75, 3.05) is 13.7 Å². The summed E-state index contributed by atoms with van der Waals surface area (Å²) >= 11 is 3.27. The molecular weight excluding hydrogens is 394 g/mol. The number of rotatable bonds is 8. The molecule has 4 rings (SSSR count). The average Bonchev–Trinajstić information content (AvgIpc) is 3.47. The van der Waals surface area contributed by atoms with E-state index in [1.54, 1.807) is 30.2 Å². The number of aromatic nitrogens is 5. The lowest BCUT2D eigenvalue weighted by molar-refractivity contribution is 0.311. The van der Waals surface area contributed by atoms with Crippen LogP contribution in [0.4, 0.5) is 0 Å². The van der Waals surface area contributed by atoms with Crippen LogP contribution >= 0.6 is 23.1 Å². The summed E-state index contributed by atoms with van der Waals surface area (Å²) < 4.78 is 13.0. The van der Waals surface area contributed by atoms with E-state index in [0.717, 1.165) is 38.7 Å². The van der Waals surface area contributed by atoms with Crippen molar-refractivity contribution in [2.24, 2.45) is 0 Å². The molecule has 2 aromatic heterocycles. The summed E-state index contributed by atoms with van der Waals surface area (Å²) in [6.45, 7) is 2.57. The Morgan fingerprint density at radius 1 is 1.25 bits per heavy atom. The van der Waals surface area contributed by atoms with Crippen LogP contribution in [0.2, 0.25) is 0 Å². The van der Waals surface area contributed by atoms with Crippen molar-refractivity contribution >= 4 is 23.1 Å². The summed E-state index contributed by atoms with van der Waals surface area (Å²) in [6.07, 6.45) is 4.85. The minimum Gasteiger partial charge on any atom is -0.493 e. The van der Waals surface area contributed by atoms with Crippen LogP contribution < -0.4 is 9.47 Å². The summed E-state index contributed by atoms with van der Waals surface area (Å²) in [5.41, 5.74) is 2.05. The molecule has 1 aromatic carbocycles. The second-order valence-electron chi connectivity index (χ2n) is 6.58. The van der Waals surface area contributed by atoms with Gasteiger partial charge in [0.05, 0.1) is 25.5 Å². The second kappa shape index (κ2) is 8.91. The van der Waals surface area contributed by atoms with Gasteiger partial charge >= 0.3 is 0 Å². The van der Waals surface area contributed by atoms with Crippen LogP contribution in [-0.4, -0.2) is 38.9 Å². The first-order chi connectivity index (χ1) is 13.8. The molecule has 9 heteroatoms. The number of thioether (sulfide) groups is 1. The predicted molar refractivity (Wildman–Crippen MR) is 110 cm³/mol. The van der Waals surface area contributed by atoms with Crippen molar-refractivity contribution in [3.63, 3.8) is 0 Å². The maximum Gasteiger partial charge on any atom is 0.209 e. The highest BCUT2D eigenvalue weighted by molar-refractivity contribution is 7.98. The van der Waals surface area contributed by atoms with Crippen LogP contribution in [0.3, 0.4) is 0 Å². The number of ether oxygens (including phenoxy) is 2. The summed E-state index contributed by atoms with van der Waals surface area (Å²) in [7, 11) is 1.65. The van der Waals surface area contributed by atoms with Gasteiger partial charge in [0.15, 0.2) is 11.5 Å².